The fourth-order valence-corrected chi connectivity index (χ4v) is 1.76. The zero-order valence-electron chi connectivity index (χ0n) is 7.05. The smallest absolute Gasteiger partial charge is 0.310 e. The molecule has 0 spiro atoms. The van der Waals surface area contributed by atoms with Crippen LogP contribution < -0.4 is 0 Å². The van der Waals surface area contributed by atoms with Gasteiger partial charge in [-0.25, -0.2) is 0 Å². The summed E-state index contributed by atoms with van der Waals surface area (Å²) in [6.07, 6.45) is -0.386. The lowest BCUT2D eigenvalue weighted by molar-refractivity contribution is 0.226. The summed E-state index contributed by atoms with van der Waals surface area (Å²) in [5, 5.41) is 0. The van der Waals surface area contributed by atoms with Crippen LogP contribution in [-0.4, -0.2) is 27.7 Å². The molecule has 0 rings (SSSR count). The van der Waals surface area contributed by atoms with Crippen LogP contribution in [0.4, 0.5) is 0 Å². The van der Waals surface area contributed by atoms with Crippen molar-refractivity contribution in [2.45, 2.75) is 0 Å². The van der Waals surface area contributed by atoms with E-state index in [0.29, 0.717) is 0 Å². The SMILES string of the molecule is CO[P+](=O)OCP(=O)(OC)OC. The Bertz CT molecular complexity index is 184. The zero-order chi connectivity index (χ0) is 9.61. The van der Waals surface area contributed by atoms with Crippen LogP contribution in [0.5, 0.6) is 0 Å². The predicted molar refractivity (Wildman–Crippen MR) is 42.2 cm³/mol. The monoisotopic (exact) mass is 217 g/mol. The minimum absolute atomic E-state index is 0.386. The molecule has 0 bridgehead atoms. The van der Waals surface area contributed by atoms with Crippen LogP contribution in [0.3, 0.4) is 0 Å². The normalized spacial score (nSPS) is 13.1. The van der Waals surface area contributed by atoms with E-state index in [-0.39, 0.29) is 6.35 Å². The third kappa shape index (κ3) is 4.26. The Balaban J connectivity index is 3.89. The molecular formula is C4H11O6P2+. The van der Waals surface area contributed by atoms with Gasteiger partial charge in [-0.15, -0.1) is 9.05 Å². The van der Waals surface area contributed by atoms with Crippen LogP contribution >= 0.6 is 15.9 Å². The van der Waals surface area contributed by atoms with E-state index in [1.807, 2.05) is 0 Å². The molecule has 0 N–H and O–H groups in total. The van der Waals surface area contributed by atoms with Crippen LogP contribution in [0.25, 0.3) is 0 Å². The second kappa shape index (κ2) is 5.75. The fourth-order valence-electron chi connectivity index (χ4n) is 0.351. The van der Waals surface area contributed by atoms with E-state index < -0.39 is 15.9 Å². The average Bonchev–Trinajstić information content (AvgIpc) is 2.13. The van der Waals surface area contributed by atoms with E-state index >= 15 is 0 Å². The molecule has 0 aromatic carbocycles. The summed E-state index contributed by atoms with van der Waals surface area (Å²) >= 11 is 0. The van der Waals surface area contributed by atoms with E-state index in [9.17, 15) is 9.13 Å². The first-order chi connectivity index (χ1) is 5.58. The van der Waals surface area contributed by atoms with E-state index in [2.05, 4.69) is 18.1 Å². The molecule has 1 unspecified atom stereocenters. The lowest BCUT2D eigenvalue weighted by Crippen LogP contribution is -1.95. The van der Waals surface area contributed by atoms with E-state index in [4.69, 9.17) is 0 Å². The van der Waals surface area contributed by atoms with Gasteiger partial charge in [-0.1, -0.05) is 0 Å². The van der Waals surface area contributed by atoms with E-state index in [1.54, 1.807) is 0 Å². The minimum Gasteiger partial charge on any atom is -0.310 e. The highest BCUT2D eigenvalue weighted by atomic mass is 31.2. The van der Waals surface area contributed by atoms with Gasteiger partial charge in [-0.05, 0) is 0 Å². The topological polar surface area (TPSA) is 71.1 Å². The Morgan fingerprint density at radius 2 is 1.75 bits per heavy atom. The number of hydrogen-bond donors (Lipinski definition) is 0. The molecule has 0 fully saturated rings. The van der Waals surface area contributed by atoms with Gasteiger partial charge < -0.3 is 9.05 Å². The molecule has 12 heavy (non-hydrogen) atoms. The largest absolute Gasteiger partial charge is 0.697 e. The highest BCUT2D eigenvalue weighted by Gasteiger charge is 2.29. The van der Waals surface area contributed by atoms with Gasteiger partial charge in [0.15, 0.2) is 0 Å². The van der Waals surface area contributed by atoms with Crippen molar-refractivity contribution in [1.82, 2.24) is 0 Å². The van der Waals surface area contributed by atoms with Crippen molar-refractivity contribution in [3.63, 3.8) is 0 Å². The van der Waals surface area contributed by atoms with Crippen molar-refractivity contribution in [3.8, 4) is 0 Å². The Kier molecular flexibility index (Phi) is 5.84. The molecular weight excluding hydrogens is 206 g/mol. The van der Waals surface area contributed by atoms with Crippen molar-refractivity contribution in [2.24, 2.45) is 0 Å². The van der Waals surface area contributed by atoms with Crippen LogP contribution in [0.15, 0.2) is 0 Å². The van der Waals surface area contributed by atoms with E-state index in [0.717, 1.165) is 0 Å². The third-order valence-electron chi connectivity index (χ3n) is 1.03. The van der Waals surface area contributed by atoms with Crippen molar-refractivity contribution in [1.29, 1.82) is 0 Å². The molecule has 0 saturated carbocycles. The van der Waals surface area contributed by atoms with Crippen molar-refractivity contribution >= 4 is 15.9 Å². The Morgan fingerprint density at radius 1 is 1.25 bits per heavy atom. The van der Waals surface area contributed by atoms with Crippen LogP contribution in [0, 0.1) is 0 Å². The van der Waals surface area contributed by atoms with Gasteiger partial charge >= 0.3 is 15.9 Å². The molecule has 0 aromatic rings. The van der Waals surface area contributed by atoms with Gasteiger partial charge in [0.25, 0.3) is 0 Å². The van der Waals surface area contributed by atoms with E-state index in [1.165, 1.54) is 21.3 Å². The fraction of sp³-hybridized carbons (Fsp3) is 1.00. The van der Waals surface area contributed by atoms with Gasteiger partial charge in [0, 0.05) is 18.8 Å². The summed E-state index contributed by atoms with van der Waals surface area (Å²) in [5.74, 6) is 0. The number of rotatable bonds is 6. The molecule has 0 heterocycles. The highest BCUT2D eigenvalue weighted by molar-refractivity contribution is 7.54. The molecule has 0 radical (unpaired) electrons. The molecule has 0 aliphatic rings. The van der Waals surface area contributed by atoms with Crippen LogP contribution in [0.1, 0.15) is 0 Å². The van der Waals surface area contributed by atoms with Crippen LogP contribution in [0.2, 0.25) is 0 Å². The predicted octanol–water partition coefficient (Wildman–Crippen LogP) is 1.75. The molecule has 72 valence electrons. The lowest BCUT2D eigenvalue weighted by Gasteiger charge is -2.08. The first-order valence-electron chi connectivity index (χ1n) is 2.93. The maximum atomic E-state index is 11.2. The number of hydrogen-bond acceptors (Lipinski definition) is 6. The summed E-state index contributed by atoms with van der Waals surface area (Å²) in [7, 11) is -1.83. The van der Waals surface area contributed by atoms with Crippen LogP contribution in [-0.2, 0) is 27.2 Å². The molecule has 0 aliphatic heterocycles. The van der Waals surface area contributed by atoms with Gasteiger partial charge in [-0.2, -0.15) is 0 Å². The summed E-state index contributed by atoms with van der Waals surface area (Å²) in [6.45, 7) is 0. The van der Waals surface area contributed by atoms with Gasteiger partial charge in [0.2, 0.25) is 6.35 Å². The molecule has 0 amide bonds. The van der Waals surface area contributed by atoms with Crippen molar-refractivity contribution < 1.29 is 27.2 Å². The highest BCUT2D eigenvalue weighted by Crippen LogP contribution is 2.48. The Labute approximate surface area is 71.6 Å². The maximum Gasteiger partial charge on any atom is 0.697 e. The Morgan fingerprint density at radius 3 is 2.08 bits per heavy atom. The quantitative estimate of drug-likeness (QED) is 0.631. The Hall–Kier alpha value is 0.170. The molecule has 8 heteroatoms. The molecule has 0 aliphatic carbocycles. The molecule has 6 nitrogen and oxygen atoms in total. The molecule has 0 aromatic heterocycles. The maximum absolute atomic E-state index is 11.2. The van der Waals surface area contributed by atoms with Gasteiger partial charge in [0.1, 0.15) is 0 Å². The average molecular weight is 217 g/mol. The second-order valence-electron chi connectivity index (χ2n) is 1.64. The van der Waals surface area contributed by atoms with Gasteiger partial charge in [0.05, 0.1) is 7.11 Å². The van der Waals surface area contributed by atoms with Gasteiger partial charge in [-0.3, -0.25) is 4.57 Å². The second-order valence-corrected chi connectivity index (χ2v) is 4.92. The first kappa shape index (κ1) is 12.2. The summed E-state index contributed by atoms with van der Waals surface area (Å²) < 4.78 is 39.6. The van der Waals surface area contributed by atoms with Crippen molar-refractivity contribution in [2.75, 3.05) is 27.7 Å². The summed E-state index contributed by atoms with van der Waals surface area (Å²) in [5.41, 5.74) is 0. The summed E-state index contributed by atoms with van der Waals surface area (Å²) in [4.78, 5) is 0. The first-order valence-corrected chi connectivity index (χ1v) is 5.75. The summed E-state index contributed by atoms with van der Waals surface area (Å²) in [6, 6.07) is 0. The molecule has 1 atom stereocenters. The zero-order valence-corrected chi connectivity index (χ0v) is 8.84. The molecule has 0 saturated heterocycles. The third-order valence-corrected chi connectivity index (χ3v) is 3.43. The minimum atomic E-state index is -3.23. The lowest BCUT2D eigenvalue weighted by atomic mass is 11.7. The van der Waals surface area contributed by atoms with Crippen molar-refractivity contribution in [3.05, 3.63) is 0 Å². The standard InChI is InChI=1S/C4H11O6P2/c1-7-11(5)10-4-12(6,8-2)9-3/h4H2,1-3H3/q+1.